The fraction of sp³-hybridized carbons (Fsp3) is 0.600. The smallest absolute Gasteiger partial charge is 0.170 e. The fourth-order valence-electron chi connectivity index (χ4n) is 3.42. The first-order valence-corrected chi connectivity index (χ1v) is 6.90. The van der Waals surface area contributed by atoms with E-state index >= 15 is 0 Å². The van der Waals surface area contributed by atoms with Crippen LogP contribution in [-0.2, 0) is 5.41 Å². The van der Waals surface area contributed by atoms with Gasteiger partial charge in [-0.3, -0.25) is 0 Å². The summed E-state index contributed by atoms with van der Waals surface area (Å²) in [5.41, 5.74) is -4.46. The largest absolute Gasteiger partial charge is 0.407 e. The summed E-state index contributed by atoms with van der Waals surface area (Å²) in [7, 11) is 0. The number of alkyl halides is 6. The van der Waals surface area contributed by atoms with Gasteiger partial charge in [0.05, 0.1) is 0 Å². The van der Waals surface area contributed by atoms with E-state index in [4.69, 9.17) is 0 Å². The lowest BCUT2D eigenvalue weighted by Gasteiger charge is -2.45. The van der Waals surface area contributed by atoms with Gasteiger partial charge in [-0.1, -0.05) is 49.6 Å². The molecular weight excluding hydrogens is 294 g/mol. The van der Waals surface area contributed by atoms with Gasteiger partial charge in [0.25, 0.3) is 0 Å². The first-order valence-electron chi connectivity index (χ1n) is 6.90. The third-order valence-electron chi connectivity index (χ3n) is 4.34. The highest BCUT2D eigenvalue weighted by Gasteiger charge is 2.74. The molecule has 0 radical (unpaired) electrons. The lowest BCUT2D eigenvalue weighted by Crippen LogP contribution is -2.59. The summed E-state index contributed by atoms with van der Waals surface area (Å²) in [4.78, 5) is 0. The molecule has 0 saturated heterocycles. The van der Waals surface area contributed by atoms with Crippen LogP contribution < -0.4 is 0 Å². The highest BCUT2D eigenvalue weighted by Crippen LogP contribution is 2.59. The summed E-state index contributed by atoms with van der Waals surface area (Å²) in [6.07, 6.45) is -9.32. The van der Waals surface area contributed by atoms with E-state index in [0.717, 1.165) is 12.1 Å². The third kappa shape index (κ3) is 2.64. The average molecular weight is 310 g/mol. The van der Waals surface area contributed by atoms with E-state index in [1.165, 1.54) is 18.2 Å². The summed E-state index contributed by atoms with van der Waals surface area (Å²) in [6, 6.07) is 5.75. The molecule has 2 rings (SSSR count). The highest BCUT2D eigenvalue weighted by molar-refractivity contribution is 5.31. The summed E-state index contributed by atoms with van der Waals surface area (Å²) in [6.45, 7) is 0. The Hall–Kier alpha value is -1.20. The van der Waals surface area contributed by atoms with E-state index in [2.05, 4.69) is 0 Å². The molecule has 1 fully saturated rings. The number of benzene rings is 1. The van der Waals surface area contributed by atoms with Crippen LogP contribution in [0.15, 0.2) is 30.3 Å². The summed E-state index contributed by atoms with van der Waals surface area (Å²) < 4.78 is 81.7. The minimum atomic E-state index is -5.37. The maximum absolute atomic E-state index is 13.6. The lowest BCUT2D eigenvalue weighted by atomic mass is 9.64. The molecule has 0 heterocycles. The Balaban J connectivity index is 2.66. The van der Waals surface area contributed by atoms with E-state index in [1.807, 2.05) is 0 Å². The second-order valence-corrected chi connectivity index (χ2v) is 5.50. The first kappa shape index (κ1) is 16.2. The molecule has 1 aromatic rings. The van der Waals surface area contributed by atoms with Crippen molar-refractivity contribution in [2.45, 2.75) is 49.9 Å². The van der Waals surface area contributed by atoms with Crippen LogP contribution >= 0.6 is 0 Å². The molecule has 0 nitrogen and oxygen atoms in total. The van der Waals surface area contributed by atoms with Gasteiger partial charge in [0, 0.05) is 0 Å². The number of halogens is 6. The molecular formula is C15H16F6. The van der Waals surface area contributed by atoms with Gasteiger partial charge < -0.3 is 0 Å². The molecule has 0 aliphatic heterocycles. The van der Waals surface area contributed by atoms with E-state index in [9.17, 15) is 26.3 Å². The molecule has 6 heteroatoms. The van der Waals surface area contributed by atoms with Gasteiger partial charge in [0.1, 0.15) is 0 Å². The Morgan fingerprint density at radius 2 is 1.19 bits per heavy atom. The molecule has 0 bridgehead atoms. The molecule has 0 unspecified atom stereocenters. The van der Waals surface area contributed by atoms with Gasteiger partial charge in [-0.2, -0.15) is 26.3 Å². The summed E-state index contributed by atoms with van der Waals surface area (Å²) in [5.74, 6) is -1.45. The number of hydrogen-bond donors (Lipinski definition) is 0. The predicted octanol–water partition coefficient (Wildman–Crippen LogP) is 5.63. The Morgan fingerprint density at radius 3 is 1.62 bits per heavy atom. The molecule has 21 heavy (non-hydrogen) atoms. The lowest BCUT2D eigenvalue weighted by molar-refractivity contribution is -0.321. The quantitative estimate of drug-likeness (QED) is 0.621. The predicted molar refractivity (Wildman–Crippen MR) is 66.8 cm³/mol. The van der Waals surface area contributed by atoms with Crippen molar-refractivity contribution in [1.82, 2.24) is 0 Å². The van der Waals surface area contributed by atoms with Gasteiger partial charge in [0.15, 0.2) is 5.41 Å². The van der Waals surface area contributed by atoms with E-state index in [-0.39, 0.29) is 12.8 Å². The maximum atomic E-state index is 13.6. The van der Waals surface area contributed by atoms with Crippen LogP contribution in [0.5, 0.6) is 0 Å². The zero-order valence-electron chi connectivity index (χ0n) is 11.3. The summed E-state index contributed by atoms with van der Waals surface area (Å²) >= 11 is 0. The van der Waals surface area contributed by atoms with Crippen molar-refractivity contribution in [3.63, 3.8) is 0 Å². The Labute approximate surface area is 119 Å². The maximum Gasteiger partial charge on any atom is 0.407 e. The Kier molecular flexibility index (Phi) is 4.26. The van der Waals surface area contributed by atoms with Crippen molar-refractivity contribution in [2.75, 3.05) is 0 Å². The van der Waals surface area contributed by atoms with Crippen LogP contribution in [0.4, 0.5) is 26.3 Å². The van der Waals surface area contributed by atoms with Crippen molar-refractivity contribution < 1.29 is 26.3 Å². The molecule has 1 saturated carbocycles. The van der Waals surface area contributed by atoms with E-state index in [0.29, 0.717) is 19.3 Å². The Bertz CT molecular complexity index is 439. The van der Waals surface area contributed by atoms with Crippen LogP contribution in [0.2, 0.25) is 0 Å². The second-order valence-electron chi connectivity index (χ2n) is 5.50. The van der Waals surface area contributed by atoms with Crippen LogP contribution in [-0.4, -0.2) is 12.4 Å². The van der Waals surface area contributed by atoms with Crippen LogP contribution in [0, 0.1) is 5.92 Å². The molecule has 0 atom stereocenters. The molecule has 0 aromatic heterocycles. The molecule has 0 amide bonds. The highest BCUT2D eigenvalue weighted by atomic mass is 19.4. The van der Waals surface area contributed by atoms with Crippen LogP contribution in [0.25, 0.3) is 0 Å². The van der Waals surface area contributed by atoms with Crippen molar-refractivity contribution in [3.05, 3.63) is 35.9 Å². The Morgan fingerprint density at radius 1 is 0.714 bits per heavy atom. The van der Waals surface area contributed by atoms with Crippen LogP contribution in [0.3, 0.4) is 0 Å². The first-order chi connectivity index (χ1) is 9.71. The van der Waals surface area contributed by atoms with Crippen LogP contribution in [0.1, 0.15) is 37.7 Å². The number of rotatable bonds is 2. The second kappa shape index (κ2) is 5.54. The standard InChI is InChI=1S/C15H16F6/c16-14(17,18)13(15(19,20)21,11-7-3-1-4-8-11)12-9-5-2-6-10-12/h1,3-4,7-8,12H,2,5-6,9-10H2. The zero-order valence-corrected chi connectivity index (χ0v) is 11.3. The molecule has 0 N–H and O–H groups in total. The summed E-state index contributed by atoms with van der Waals surface area (Å²) in [5, 5.41) is 0. The van der Waals surface area contributed by atoms with Gasteiger partial charge in [-0.25, -0.2) is 0 Å². The van der Waals surface area contributed by atoms with Crippen molar-refractivity contribution >= 4 is 0 Å². The minimum Gasteiger partial charge on any atom is -0.170 e. The molecule has 1 aromatic carbocycles. The van der Waals surface area contributed by atoms with Gasteiger partial charge in [-0.05, 0) is 24.3 Å². The molecule has 1 aliphatic rings. The van der Waals surface area contributed by atoms with E-state index in [1.54, 1.807) is 0 Å². The normalized spacial score (nSPS) is 18.8. The third-order valence-corrected chi connectivity index (χ3v) is 4.34. The topological polar surface area (TPSA) is 0 Å². The van der Waals surface area contributed by atoms with E-state index < -0.39 is 29.2 Å². The average Bonchev–Trinajstić information content (AvgIpc) is 2.38. The SMILES string of the molecule is FC(F)(F)C(c1ccccc1)(C1CCCCC1)C(F)(F)F. The monoisotopic (exact) mass is 310 g/mol. The molecule has 118 valence electrons. The van der Waals surface area contributed by atoms with Crippen molar-refractivity contribution in [3.8, 4) is 0 Å². The van der Waals surface area contributed by atoms with Crippen molar-refractivity contribution in [1.29, 1.82) is 0 Å². The fourth-order valence-corrected chi connectivity index (χ4v) is 3.42. The van der Waals surface area contributed by atoms with Gasteiger partial charge in [-0.15, -0.1) is 0 Å². The minimum absolute atomic E-state index is 0.0477. The molecule has 0 spiro atoms. The zero-order chi connectivity index (χ0) is 15.7. The van der Waals surface area contributed by atoms with Gasteiger partial charge in [0.2, 0.25) is 0 Å². The molecule has 1 aliphatic carbocycles. The van der Waals surface area contributed by atoms with Gasteiger partial charge >= 0.3 is 12.4 Å². The van der Waals surface area contributed by atoms with Crippen molar-refractivity contribution in [2.24, 2.45) is 5.92 Å². The number of hydrogen-bond acceptors (Lipinski definition) is 0.